The van der Waals surface area contributed by atoms with Gasteiger partial charge in [0, 0.05) is 30.3 Å². The Morgan fingerprint density at radius 3 is 2.20 bits per heavy atom. The number of carbonyl (C=O) groups excluding carboxylic acids is 2. The van der Waals surface area contributed by atoms with E-state index < -0.39 is 17.7 Å². The lowest BCUT2D eigenvalue weighted by Gasteiger charge is -2.31. The maximum absolute atomic E-state index is 13.7. The number of amides is 2. The van der Waals surface area contributed by atoms with Crippen LogP contribution in [0.5, 0.6) is 5.75 Å². The summed E-state index contributed by atoms with van der Waals surface area (Å²) in [4.78, 5) is 28.9. The van der Waals surface area contributed by atoms with Crippen LogP contribution >= 0.6 is 0 Å². The summed E-state index contributed by atoms with van der Waals surface area (Å²) in [6.45, 7) is 8.17. The first-order chi connectivity index (χ1) is 21.5. The molecule has 2 amide bonds. The van der Waals surface area contributed by atoms with Crippen LogP contribution in [0.4, 0.5) is 0 Å². The van der Waals surface area contributed by atoms with Crippen LogP contribution in [-0.4, -0.2) is 54.7 Å². The first-order valence-corrected chi connectivity index (χ1v) is 15.3. The van der Waals surface area contributed by atoms with Gasteiger partial charge in [0.15, 0.2) is 0 Å². The second-order valence-corrected chi connectivity index (χ2v) is 12.2. The molecule has 4 rings (SSSR count). The number of benzene rings is 4. The number of carbonyl (C=O) groups is 2. The minimum Gasteiger partial charge on any atom is -0.497 e. The van der Waals surface area contributed by atoms with Crippen molar-refractivity contribution in [2.75, 3.05) is 20.7 Å². The number of aliphatic hydroxyl groups excluding tert-OH is 1. The van der Waals surface area contributed by atoms with Gasteiger partial charge in [-0.3, -0.25) is 9.59 Å². The van der Waals surface area contributed by atoms with E-state index in [-0.39, 0.29) is 24.4 Å². The van der Waals surface area contributed by atoms with Crippen LogP contribution in [0.3, 0.4) is 0 Å². The van der Waals surface area contributed by atoms with E-state index in [0.29, 0.717) is 17.5 Å². The maximum atomic E-state index is 13.7. The van der Waals surface area contributed by atoms with Gasteiger partial charge in [-0.25, -0.2) is 0 Å². The van der Waals surface area contributed by atoms with Crippen LogP contribution in [0.1, 0.15) is 69.8 Å². The molecule has 0 heterocycles. The smallest absolute Gasteiger partial charge is 0.254 e. The molecule has 0 aromatic heterocycles. The number of nitrogens with zero attached hydrogens (tertiary/aromatic N) is 1. The van der Waals surface area contributed by atoms with Crippen molar-refractivity contribution in [1.29, 1.82) is 0 Å². The molecule has 4 aromatic carbocycles. The van der Waals surface area contributed by atoms with E-state index in [2.05, 4.69) is 10.6 Å². The summed E-state index contributed by atoms with van der Waals surface area (Å²) in [6, 6.07) is 31.9. The number of methoxy groups -OCH3 is 1. The quantitative estimate of drug-likeness (QED) is 0.172. The van der Waals surface area contributed by atoms with E-state index in [1.165, 1.54) is 0 Å². The first kappa shape index (κ1) is 33.4. The van der Waals surface area contributed by atoms with Crippen LogP contribution in [0.15, 0.2) is 103 Å². The van der Waals surface area contributed by atoms with Gasteiger partial charge in [-0.05, 0) is 86.7 Å². The van der Waals surface area contributed by atoms with Crippen LogP contribution < -0.4 is 15.4 Å². The SMILES string of the molecule is COc1cccc(C(C)(C)NC[C@@H](O)[C@H](Cc2ccccc2)NC(=O)c2cc(C)cc(C(=O)N(C)[C@H](C)c3ccccc3)c2)c1. The molecule has 0 radical (unpaired) electrons. The van der Waals surface area contributed by atoms with Gasteiger partial charge >= 0.3 is 0 Å². The lowest BCUT2D eigenvalue weighted by Crippen LogP contribution is -2.51. The maximum Gasteiger partial charge on any atom is 0.254 e. The first-order valence-electron chi connectivity index (χ1n) is 15.3. The molecule has 0 fully saturated rings. The Morgan fingerprint density at radius 1 is 0.889 bits per heavy atom. The van der Waals surface area contributed by atoms with Crippen LogP contribution in [-0.2, 0) is 12.0 Å². The van der Waals surface area contributed by atoms with Crippen LogP contribution in [0.25, 0.3) is 0 Å². The van der Waals surface area contributed by atoms with Gasteiger partial charge < -0.3 is 25.4 Å². The summed E-state index contributed by atoms with van der Waals surface area (Å²) >= 11 is 0. The predicted molar refractivity (Wildman–Crippen MR) is 180 cm³/mol. The fourth-order valence-electron chi connectivity index (χ4n) is 5.39. The zero-order chi connectivity index (χ0) is 32.6. The van der Waals surface area contributed by atoms with Crippen molar-refractivity contribution in [3.63, 3.8) is 0 Å². The minimum atomic E-state index is -0.900. The Labute approximate surface area is 267 Å². The van der Waals surface area contributed by atoms with Crippen LogP contribution in [0.2, 0.25) is 0 Å². The monoisotopic (exact) mass is 607 g/mol. The summed E-state index contributed by atoms with van der Waals surface area (Å²) in [5.74, 6) is 0.237. The predicted octanol–water partition coefficient (Wildman–Crippen LogP) is 6.06. The molecule has 0 unspecified atom stereocenters. The van der Waals surface area contributed by atoms with Gasteiger partial charge in [0.1, 0.15) is 5.75 Å². The van der Waals surface area contributed by atoms with E-state index in [1.54, 1.807) is 37.3 Å². The van der Waals surface area contributed by atoms with Crippen molar-refractivity contribution >= 4 is 11.8 Å². The molecule has 0 saturated heterocycles. The molecule has 4 aromatic rings. The lowest BCUT2D eigenvalue weighted by atomic mass is 9.93. The normalized spacial score (nSPS) is 13.4. The third-order valence-corrected chi connectivity index (χ3v) is 8.39. The van der Waals surface area contributed by atoms with Crippen molar-refractivity contribution in [2.24, 2.45) is 0 Å². The molecule has 3 atom stereocenters. The van der Waals surface area contributed by atoms with Crippen LogP contribution in [0, 0.1) is 6.92 Å². The molecule has 0 aliphatic rings. The lowest BCUT2D eigenvalue weighted by molar-refractivity contribution is 0.0742. The van der Waals surface area contributed by atoms with Gasteiger partial charge in [-0.2, -0.15) is 0 Å². The molecular weight excluding hydrogens is 562 g/mol. The zero-order valence-electron chi connectivity index (χ0n) is 27.1. The van der Waals surface area contributed by atoms with Gasteiger partial charge in [0.25, 0.3) is 11.8 Å². The van der Waals surface area contributed by atoms with Gasteiger partial charge in [0.2, 0.25) is 0 Å². The van der Waals surface area contributed by atoms with Gasteiger partial charge in [-0.1, -0.05) is 72.8 Å². The van der Waals surface area contributed by atoms with Crippen molar-refractivity contribution < 1.29 is 19.4 Å². The molecular formula is C38H45N3O4. The molecule has 236 valence electrons. The molecule has 3 N–H and O–H groups in total. The molecule has 0 spiro atoms. The van der Waals surface area contributed by atoms with Crippen molar-refractivity contribution in [2.45, 2.75) is 57.8 Å². The molecule has 0 aliphatic heterocycles. The number of hydrogen-bond acceptors (Lipinski definition) is 5. The average molecular weight is 608 g/mol. The number of aryl methyl sites for hydroxylation is 1. The third kappa shape index (κ3) is 8.81. The number of ether oxygens (including phenoxy) is 1. The molecule has 7 heteroatoms. The van der Waals surface area contributed by atoms with E-state index in [9.17, 15) is 14.7 Å². The Balaban J connectivity index is 1.52. The highest BCUT2D eigenvalue weighted by atomic mass is 16.5. The topological polar surface area (TPSA) is 90.9 Å². The van der Waals surface area contributed by atoms with Gasteiger partial charge in [0.05, 0.1) is 25.3 Å². The van der Waals surface area contributed by atoms with Crippen molar-refractivity contribution in [3.05, 3.63) is 137 Å². The number of rotatable bonds is 13. The molecule has 7 nitrogen and oxygen atoms in total. The van der Waals surface area contributed by atoms with Crippen molar-refractivity contribution in [1.82, 2.24) is 15.5 Å². The van der Waals surface area contributed by atoms with E-state index in [0.717, 1.165) is 28.0 Å². The van der Waals surface area contributed by atoms with Gasteiger partial charge in [-0.15, -0.1) is 0 Å². The largest absolute Gasteiger partial charge is 0.497 e. The number of hydrogen-bond donors (Lipinski definition) is 3. The summed E-state index contributed by atoms with van der Waals surface area (Å²) in [7, 11) is 3.41. The fraction of sp³-hybridized carbons (Fsp3) is 0.316. The Bertz CT molecular complexity index is 1570. The minimum absolute atomic E-state index is 0.143. The standard InChI is InChI=1S/C38H45N3O4/c1-26-20-30(23-31(21-26)37(44)41(5)27(2)29-16-11-8-12-17-29)36(43)40-34(22-28-14-9-7-10-15-28)35(42)25-39-38(3,4)32-18-13-19-33(24-32)45-6/h7-21,23-24,27,34-35,39,42H,22,25H2,1-6H3,(H,40,43)/t27-,34+,35-/m1/s1. The van der Waals surface area contributed by atoms with E-state index in [4.69, 9.17) is 4.74 Å². The summed E-state index contributed by atoms with van der Waals surface area (Å²) in [6.07, 6.45) is -0.466. The molecule has 0 saturated carbocycles. The highest BCUT2D eigenvalue weighted by Gasteiger charge is 2.27. The highest BCUT2D eigenvalue weighted by Crippen LogP contribution is 2.25. The second kappa shape index (κ2) is 15.0. The van der Waals surface area contributed by atoms with Crippen molar-refractivity contribution in [3.8, 4) is 5.75 Å². The Morgan fingerprint density at radius 2 is 1.53 bits per heavy atom. The highest BCUT2D eigenvalue weighted by molar-refractivity contribution is 6.00. The summed E-state index contributed by atoms with van der Waals surface area (Å²) in [5, 5.41) is 18.0. The Hall–Kier alpha value is -4.46. The third-order valence-electron chi connectivity index (χ3n) is 8.39. The molecule has 0 bridgehead atoms. The summed E-state index contributed by atoms with van der Waals surface area (Å²) < 4.78 is 5.39. The molecule has 0 aliphatic carbocycles. The van der Waals surface area contributed by atoms with E-state index >= 15 is 0 Å². The zero-order valence-corrected chi connectivity index (χ0v) is 27.1. The number of nitrogens with one attached hydrogen (secondary N) is 2. The average Bonchev–Trinajstić information content (AvgIpc) is 3.06. The Kier molecular flexibility index (Phi) is 11.2. The fourth-order valence-corrected chi connectivity index (χ4v) is 5.39. The number of aliphatic hydroxyl groups is 1. The summed E-state index contributed by atoms with van der Waals surface area (Å²) in [5.41, 5.74) is 4.17. The molecule has 45 heavy (non-hydrogen) atoms. The van der Waals surface area contributed by atoms with E-state index in [1.807, 2.05) is 113 Å². The second-order valence-electron chi connectivity index (χ2n) is 12.2.